The Labute approximate surface area is 57.6 Å². The molecule has 0 aliphatic rings. The molecule has 0 fully saturated rings. The van der Waals surface area contributed by atoms with Crippen LogP contribution in [0.3, 0.4) is 0 Å². The molecule has 0 N–H and O–H groups in total. The van der Waals surface area contributed by atoms with Crippen LogP contribution in [0.4, 0.5) is 0 Å². The van der Waals surface area contributed by atoms with E-state index in [0.29, 0.717) is 19.6 Å². The molecule has 0 aliphatic carbocycles. The molecule has 0 saturated heterocycles. The van der Waals surface area contributed by atoms with Crippen LogP contribution in [0, 0.1) is 0 Å². The molecular formula is C5H7N3O2. The Bertz CT molecular complexity index is 185. The van der Waals surface area contributed by atoms with Crippen LogP contribution in [-0.4, -0.2) is 28.1 Å². The van der Waals surface area contributed by atoms with E-state index in [2.05, 4.69) is 15.0 Å². The molecule has 5 heteroatoms. The van der Waals surface area contributed by atoms with E-state index >= 15 is 0 Å². The van der Waals surface area contributed by atoms with Crippen LogP contribution in [-0.2, 0) is 16.1 Å². The number of hydrogen-bond acceptors (Lipinski definition) is 4. The summed E-state index contributed by atoms with van der Waals surface area (Å²) in [7, 11) is 0. The van der Waals surface area contributed by atoms with E-state index in [9.17, 15) is 4.79 Å². The van der Waals surface area contributed by atoms with Gasteiger partial charge in [0.25, 0.3) is 6.47 Å². The standard InChI is InChI=1S/C5H7N3O2/c9-5-10-4-3-8-2-1-6-7-8/h1-2,5H,3-4H2. The fraction of sp³-hybridized carbons (Fsp3) is 0.400. The topological polar surface area (TPSA) is 57.0 Å². The first-order chi connectivity index (χ1) is 4.93. The van der Waals surface area contributed by atoms with Gasteiger partial charge in [-0.2, -0.15) is 0 Å². The summed E-state index contributed by atoms with van der Waals surface area (Å²) in [6.45, 7) is 1.31. The fourth-order valence-electron chi connectivity index (χ4n) is 0.546. The highest BCUT2D eigenvalue weighted by atomic mass is 16.5. The molecule has 0 bridgehead atoms. The quantitative estimate of drug-likeness (QED) is 0.417. The van der Waals surface area contributed by atoms with Crippen LogP contribution in [0.15, 0.2) is 12.4 Å². The van der Waals surface area contributed by atoms with Crippen LogP contribution in [0.25, 0.3) is 0 Å². The number of aromatic nitrogens is 3. The molecule has 0 unspecified atom stereocenters. The average Bonchev–Trinajstić information content (AvgIpc) is 2.41. The van der Waals surface area contributed by atoms with Crippen molar-refractivity contribution in [2.24, 2.45) is 0 Å². The highest BCUT2D eigenvalue weighted by Crippen LogP contribution is 1.79. The summed E-state index contributed by atoms with van der Waals surface area (Å²) in [5.74, 6) is 0. The van der Waals surface area contributed by atoms with Crippen molar-refractivity contribution in [3.05, 3.63) is 12.4 Å². The van der Waals surface area contributed by atoms with Gasteiger partial charge >= 0.3 is 0 Å². The van der Waals surface area contributed by atoms with Crippen molar-refractivity contribution in [1.82, 2.24) is 15.0 Å². The van der Waals surface area contributed by atoms with E-state index in [0.717, 1.165) is 0 Å². The first kappa shape index (κ1) is 6.73. The Hall–Kier alpha value is -1.39. The van der Waals surface area contributed by atoms with Gasteiger partial charge in [-0.1, -0.05) is 5.21 Å². The van der Waals surface area contributed by atoms with Crippen LogP contribution in [0.2, 0.25) is 0 Å². The van der Waals surface area contributed by atoms with E-state index in [1.54, 1.807) is 17.1 Å². The molecule has 0 aliphatic heterocycles. The van der Waals surface area contributed by atoms with Gasteiger partial charge in [0, 0.05) is 6.20 Å². The van der Waals surface area contributed by atoms with Gasteiger partial charge in [0.05, 0.1) is 12.7 Å². The number of carbonyl (C=O) groups excluding carboxylic acids is 1. The van der Waals surface area contributed by atoms with Crippen molar-refractivity contribution in [2.75, 3.05) is 6.61 Å². The summed E-state index contributed by atoms with van der Waals surface area (Å²) < 4.78 is 6.02. The minimum Gasteiger partial charge on any atom is -0.466 e. The first-order valence-electron chi connectivity index (χ1n) is 2.83. The van der Waals surface area contributed by atoms with Gasteiger partial charge in [-0.3, -0.25) is 4.79 Å². The summed E-state index contributed by atoms with van der Waals surface area (Å²) in [6, 6.07) is 0. The van der Waals surface area contributed by atoms with E-state index in [-0.39, 0.29) is 0 Å². The Morgan fingerprint density at radius 1 is 1.70 bits per heavy atom. The molecule has 5 nitrogen and oxygen atoms in total. The second kappa shape index (κ2) is 3.60. The van der Waals surface area contributed by atoms with Gasteiger partial charge in [-0.05, 0) is 0 Å². The maximum absolute atomic E-state index is 9.67. The van der Waals surface area contributed by atoms with Crippen molar-refractivity contribution < 1.29 is 9.53 Å². The monoisotopic (exact) mass is 141 g/mol. The van der Waals surface area contributed by atoms with Gasteiger partial charge in [-0.15, -0.1) is 5.10 Å². The predicted molar refractivity (Wildman–Crippen MR) is 32.0 cm³/mol. The van der Waals surface area contributed by atoms with E-state index in [4.69, 9.17) is 0 Å². The second-order valence-corrected chi connectivity index (χ2v) is 1.63. The third-order valence-corrected chi connectivity index (χ3v) is 0.978. The molecule has 0 spiro atoms. The molecule has 0 amide bonds. The molecule has 0 atom stereocenters. The number of rotatable bonds is 4. The molecule has 0 aromatic carbocycles. The predicted octanol–water partition coefficient (Wildman–Crippen LogP) is -0.549. The first-order valence-corrected chi connectivity index (χ1v) is 2.83. The molecular weight excluding hydrogens is 134 g/mol. The van der Waals surface area contributed by atoms with Crippen molar-refractivity contribution in [3.8, 4) is 0 Å². The summed E-state index contributed by atoms with van der Waals surface area (Å²) in [4.78, 5) is 9.67. The zero-order valence-corrected chi connectivity index (χ0v) is 5.30. The normalized spacial score (nSPS) is 9.20. The molecule has 0 radical (unpaired) electrons. The Morgan fingerprint density at radius 2 is 2.60 bits per heavy atom. The fourth-order valence-corrected chi connectivity index (χ4v) is 0.546. The molecule has 0 saturated carbocycles. The van der Waals surface area contributed by atoms with Crippen molar-refractivity contribution in [1.29, 1.82) is 0 Å². The Kier molecular flexibility index (Phi) is 2.42. The minimum atomic E-state index is 0.340. The summed E-state index contributed by atoms with van der Waals surface area (Å²) >= 11 is 0. The molecule has 10 heavy (non-hydrogen) atoms. The van der Waals surface area contributed by atoms with Gasteiger partial charge in [0.15, 0.2) is 0 Å². The highest BCUT2D eigenvalue weighted by Gasteiger charge is 1.88. The lowest BCUT2D eigenvalue weighted by atomic mass is 10.7. The van der Waals surface area contributed by atoms with Crippen LogP contribution in [0.1, 0.15) is 0 Å². The van der Waals surface area contributed by atoms with Crippen LogP contribution in [0.5, 0.6) is 0 Å². The lowest BCUT2D eigenvalue weighted by molar-refractivity contribution is -0.129. The molecule has 54 valence electrons. The van der Waals surface area contributed by atoms with Gasteiger partial charge in [0.2, 0.25) is 0 Å². The van der Waals surface area contributed by atoms with Crippen molar-refractivity contribution >= 4 is 6.47 Å². The highest BCUT2D eigenvalue weighted by molar-refractivity contribution is 5.36. The second-order valence-electron chi connectivity index (χ2n) is 1.63. The Morgan fingerprint density at radius 3 is 3.20 bits per heavy atom. The lowest BCUT2D eigenvalue weighted by Gasteiger charge is -1.96. The number of nitrogens with zero attached hydrogens (tertiary/aromatic N) is 3. The third kappa shape index (κ3) is 1.85. The largest absolute Gasteiger partial charge is 0.466 e. The van der Waals surface area contributed by atoms with Crippen molar-refractivity contribution in [3.63, 3.8) is 0 Å². The zero-order chi connectivity index (χ0) is 7.23. The van der Waals surface area contributed by atoms with E-state index < -0.39 is 0 Å². The van der Waals surface area contributed by atoms with E-state index in [1.807, 2.05) is 0 Å². The zero-order valence-electron chi connectivity index (χ0n) is 5.30. The van der Waals surface area contributed by atoms with Gasteiger partial charge in [-0.25, -0.2) is 4.68 Å². The molecule has 1 aromatic heterocycles. The molecule has 1 heterocycles. The number of hydrogen-bond donors (Lipinski definition) is 0. The summed E-state index contributed by atoms with van der Waals surface area (Å²) in [6.07, 6.45) is 3.27. The summed E-state index contributed by atoms with van der Waals surface area (Å²) in [5.41, 5.74) is 0. The number of carbonyl (C=O) groups is 1. The average molecular weight is 141 g/mol. The van der Waals surface area contributed by atoms with Gasteiger partial charge < -0.3 is 4.74 Å². The van der Waals surface area contributed by atoms with Crippen LogP contribution >= 0.6 is 0 Å². The van der Waals surface area contributed by atoms with E-state index in [1.165, 1.54) is 0 Å². The maximum Gasteiger partial charge on any atom is 0.293 e. The van der Waals surface area contributed by atoms with Crippen molar-refractivity contribution in [2.45, 2.75) is 6.54 Å². The Balaban J connectivity index is 2.21. The number of ether oxygens (including phenoxy) is 1. The smallest absolute Gasteiger partial charge is 0.293 e. The SMILES string of the molecule is O=COCCn1ccnn1. The molecule has 1 aromatic rings. The minimum absolute atomic E-state index is 0.340. The third-order valence-electron chi connectivity index (χ3n) is 0.978. The van der Waals surface area contributed by atoms with Crippen LogP contribution < -0.4 is 0 Å². The molecule has 1 rings (SSSR count). The summed E-state index contributed by atoms with van der Waals surface area (Å²) in [5, 5.41) is 7.23. The maximum atomic E-state index is 9.67. The van der Waals surface area contributed by atoms with Gasteiger partial charge in [0.1, 0.15) is 6.61 Å². The lowest BCUT2D eigenvalue weighted by Crippen LogP contribution is -2.05.